The van der Waals surface area contributed by atoms with E-state index >= 15 is 0 Å². The summed E-state index contributed by atoms with van der Waals surface area (Å²) in [5.74, 6) is 2.63. The van der Waals surface area contributed by atoms with E-state index in [9.17, 15) is 0 Å². The monoisotopic (exact) mass is 347 g/mol. The summed E-state index contributed by atoms with van der Waals surface area (Å²) in [6.07, 6.45) is 7.01. The summed E-state index contributed by atoms with van der Waals surface area (Å²) in [5, 5.41) is 0. The van der Waals surface area contributed by atoms with Crippen molar-refractivity contribution in [2.45, 2.75) is 86.2 Å². The molecule has 1 aromatic rings. The van der Waals surface area contributed by atoms with Gasteiger partial charge in [0, 0.05) is 26.2 Å². The summed E-state index contributed by atoms with van der Waals surface area (Å²) in [6.45, 7) is 16.0. The molecule has 0 saturated heterocycles. The highest BCUT2D eigenvalue weighted by molar-refractivity contribution is 5.56. The highest BCUT2D eigenvalue weighted by Crippen LogP contribution is 2.26. The highest BCUT2D eigenvalue weighted by atomic mass is 15.2. The van der Waals surface area contributed by atoms with Gasteiger partial charge in [0.2, 0.25) is 0 Å². The summed E-state index contributed by atoms with van der Waals surface area (Å²) in [5.41, 5.74) is 2.49. The molecular formula is C22H41N3. The Kier molecular flexibility index (Phi) is 8.75. The topological polar surface area (TPSA) is 19.4 Å². The molecule has 2 unspecified atom stereocenters. The zero-order chi connectivity index (χ0) is 19.1. The first kappa shape index (κ1) is 21.8. The Balaban J connectivity index is 2.78. The van der Waals surface area contributed by atoms with Gasteiger partial charge in [-0.15, -0.1) is 0 Å². The SMILES string of the molecule is Cc1cc(N(C)C(C)CCC(C)C)cnc1N(C)C(C)CCC(C)C. The molecular weight excluding hydrogens is 306 g/mol. The number of nitrogens with zero attached hydrogens (tertiary/aromatic N) is 3. The van der Waals surface area contributed by atoms with E-state index in [4.69, 9.17) is 4.98 Å². The van der Waals surface area contributed by atoms with Crippen LogP contribution in [0.1, 0.15) is 72.8 Å². The Labute approximate surface area is 156 Å². The van der Waals surface area contributed by atoms with Gasteiger partial charge < -0.3 is 9.80 Å². The number of hydrogen-bond acceptors (Lipinski definition) is 3. The van der Waals surface area contributed by atoms with Crippen molar-refractivity contribution in [3.8, 4) is 0 Å². The van der Waals surface area contributed by atoms with E-state index in [1.165, 1.54) is 36.9 Å². The molecule has 0 bridgehead atoms. The third kappa shape index (κ3) is 6.87. The van der Waals surface area contributed by atoms with Gasteiger partial charge in [0.1, 0.15) is 5.82 Å². The summed E-state index contributed by atoms with van der Waals surface area (Å²) < 4.78 is 0. The first-order valence-electron chi connectivity index (χ1n) is 10.1. The molecule has 1 aromatic heterocycles. The predicted octanol–water partition coefficient (Wildman–Crippen LogP) is 5.91. The second-order valence-corrected chi connectivity index (χ2v) is 8.70. The number of rotatable bonds is 10. The zero-order valence-electron chi connectivity index (χ0n) is 18.1. The van der Waals surface area contributed by atoms with Crippen molar-refractivity contribution in [1.82, 2.24) is 4.98 Å². The average Bonchev–Trinajstić information content (AvgIpc) is 2.55. The Bertz CT molecular complexity index is 510. The molecule has 144 valence electrons. The van der Waals surface area contributed by atoms with Gasteiger partial charge in [-0.25, -0.2) is 4.98 Å². The molecule has 0 radical (unpaired) electrons. The van der Waals surface area contributed by atoms with Crippen molar-refractivity contribution in [2.75, 3.05) is 23.9 Å². The molecule has 0 aliphatic rings. The molecule has 0 aromatic carbocycles. The molecule has 0 N–H and O–H groups in total. The molecule has 25 heavy (non-hydrogen) atoms. The van der Waals surface area contributed by atoms with Crippen molar-refractivity contribution >= 4 is 11.5 Å². The lowest BCUT2D eigenvalue weighted by Gasteiger charge is -2.30. The van der Waals surface area contributed by atoms with Crippen LogP contribution in [0.15, 0.2) is 12.3 Å². The summed E-state index contributed by atoms with van der Waals surface area (Å²) in [7, 11) is 4.37. The van der Waals surface area contributed by atoms with Crippen molar-refractivity contribution < 1.29 is 0 Å². The maximum Gasteiger partial charge on any atom is 0.131 e. The largest absolute Gasteiger partial charge is 0.371 e. The van der Waals surface area contributed by atoms with Crippen molar-refractivity contribution in [2.24, 2.45) is 11.8 Å². The lowest BCUT2D eigenvalue weighted by Crippen LogP contribution is -2.31. The van der Waals surface area contributed by atoms with E-state index in [-0.39, 0.29) is 0 Å². The van der Waals surface area contributed by atoms with Gasteiger partial charge in [-0.05, 0) is 69.9 Å². The molecule has 2 atom stereocenters. The van der Waals surface area contributed by atoms with Crippen LogP contribution in [0, 0.1) is 18.8 Å². The van der Waals surface area contributed by atoms with Crippen LogP contribution in [-0.2, 0) is 0 Å². The molecule has 0 spiro atoms. The normalized spacial score (nSPS) is 14.0. The summed E-state index contributed by atoms with van der Waals surface area (Å²) in [6, 6.07) is 3.35. The van der Waals surface area contributed by atoms with E-state index in [0.29, 0.717) is 12.1 Å². The maximum absolute atomic E-state index is 4.81. The van der Waals surface area contributed by atoms with Gasteiger partial charge in [-0.2, -0.15) is 0 Å². The lowest BCUT2D eigenvalue weighted by molar-refractivity contribution is 0.500. The van der Waals surface area contributed by atoms with Crippen LogP contribution >= 0.6 is 0 Å². The van der Waals surface area contributed by atoms with Crippen LogP contribution in [0.2, 0.25) is 0 Å². The third-order valence-corrected chi connectivity index (χ3v) is 5.42. The van der Waals surface area contributed by atoms with Gasteiger partial charge in [0.15, 0.2) is 0 Å². The Morgan fingerprint density at radius 2 is 1.28 bits per heavy atom. The molecule has 3 nitrogen and oxygen atoms in total. The van der Waals surface area contributed by atoms with Crippen LogP contribution in [0.25, 0.3) is 0 Å². The van der Waals surface area contributed by atoms with Crippen LogP contribution in [0.4, 0.5) is 11.5 Å². The first-order chi connectivity index (χ1) is 11.6. The molecule has 0 fully saturated rings. The highest BCUT2D eigenvalue weighted by Gasteiger charge is 2.16. The fourth-order valence-electron chi connectivity index (χ4n) is 3.11. The number of anilines is 2. The Hall–Kier alpha value is -1.25. The van der Waals surface area contributed by atoms with E-state index in [1.807, 2.05) is 6.20 Å². The second-order valence-electron chi connectivity index (χ2n) is 8.70. The zero-order valence-corrected chi connectivity index (χ0v) is 18.1. The van der Waals surface area contributed by atoms with Gasteiger partial charge in [-0.3, -0.25) is 0 Å². The molecule has 0 amide bonds. The van der Waals surface area contributed by atoms with E-state index in [0.717, 1.165) is 17.7 Å². The smallest absolute Gasteiger partial charge is 0.131 e. The minimum atomic E-state index is 0.516. The molecule has 3 heteroatoms. The van der Waals surface area contributed by atoms with E-state index in [1.54, 1.807) is 0 Å². The molecule has 0 aliphatic heterocycles. The predicted molar refractivity (Wildman–Crippen MR) is 113 cm³/mol. The number of hydrogen-bond donors (Lipinski definition) is 0. The first-order valence-corrected chi connectivity index (χ1v) is 10.1. The minimum Gasteiger partial charge on any atom is -0.371 e. The van der Waals surface area contributed by atoms with E-state index < -0.39 is 0 Å². The van der Waals surface area contributed by atoms with Gasteiger partial charge in [0.05, 0.1) is 11.9 Å². The Morgan fingerprint density at radius 1 is 0.800 bits per heavy atom. The van der Waals surface area contributed by atoms with Crippen LogP contribution < -0.4 is 9.80 Å². The number of aromatic nitrogens is 1. The van der Waals surface area contributed by atoms with Crippen LogP contribution in [0.3, 0.4) is 0 Å². The lowest BCUT2D eigenvalue weighted by atomic mass is 10.0. The molecule has 1 rings (SSSR count). The maximum atomic E-state index is 4.81. The molecule has 0 aliphatic carbocycles. The Morgan fingerprint density at radius 3 is 1.72 bits per heavy atom. The number of aryl methyl sites for hydroxylation is 1. The van der Waals surface area contributed by atoms with Crippen LogP contribution in [0.5, 0.6) is 0 Å². The van der Waals surface area contributed by atoms with Gasteiger partial charge in [-0.1, -0.05) is 27.7 Å². The molecule has 1 heterocycles. The van der Waals surface area contributed by atoms with Crippen molar-refractivity contribution in [3.63, 3.8) is 0 Å². The minimum absolute atomic E-state index is 0.516. The third-order valence-electron chi connectivity index (χ3n) is 5.42. The average molecular weight is 348 g/mol. The fraction of sp³-hybridized carbons (Fsp3) is 0.773. The fourth-order valence-corrected chi connectivity index (χ4v) is 3.11. The molecule has 0 saturated carbocycles. The van der Waals surface area contributed by atoms with Gasteiger partial charge >= 0.3 is 0 Å². The van der Waals surface area contributed by atoms with Crippen molar-refractivity contribution in [3.05, 3.63) is 17.8 Å². The van der Waals surface area contributed by atoms with Crippen LogP contribution in [-0.4, -0.2) is 31.2 Å². The standard InChI is InChI=1S/C22H41N3/c1-16(2)10-12-19(6)24(8)21-14-18(5)22(23-15-21)25(9)20(7)13-11-17(3)4/h14-17,19-20H,10-13H2,1-9H3. The number of pyridine rings is 1. The summed E-state index contributed by atoms with van der Waals surface area (Å²) in [4.78, 5) is 9.52. The summed E-state index contributed by atoms with van der Waals surface area (Å²) >= 11 is 0. The second kappa shape index (κ2) is 10.0. The van der Waals surface area contributed by atoms with E-state index in [2.05, 4.69) is 78.4 Å². The van der Waals surface area contributed by atoms with Crippen molar-refractivity contribution in [1.29, 1.82) is 0 Å². The quantitative estimate of drug-likeness (QED) is 0.524. The van der Waals surface area contributed by atoms with Gasteiger partial charge in [0.25, 0.3) is 0 Å².